The second-order valence-electron chi connectivity index (χ2n) is 5.35. The highest BCUT2D eigenvalue weighted by molar-refractivity contribution is 7.07. The highest BCUT2D eigenvalue weighted by atomic mass is 32.1. The van der Waals surface area contributed by atoms with E-state index in [1.807, 2.05) is 16.8 Å². The minimum Gasteiger partial charge on any atom is -0.453 e. The van der Waals surface area contributed by atoms with Gasteiger partial charge in [0.25, 0.3) is 5.91 Å². The molecule has 1 amide bonds. The first-order valence-electron chi connectivity index (χ1n) is 7.58. The van der Waals surface area contributed by atoms with Gasteiger partial charge < -0.3 is 10.1 Å². The molecule has 2 aromatic rings. The van der Waals surface area contributed by atoms with E-state index < -0.39 is 18.0 Å². The Kier molecular flexibility index (Phi) is 6.26. The lowest BCUT2D eigenvalue weighted by atomic mass is 10.1. The van der Waals surface area contributed by atoms with Gasteiger partial charge in [-0.15, -0.1) is 0 Å². The first-order valence-corrected chi connectivity index (χ1v) is 8.53. The minimum absolute atomic E-state index is 0.147. The third-order valence-corrected chi connectivity index (χ3v) is 4.17. The van der Waals surface area contributed by atoms with Crippen LogP contribution in [0.1, 0.15) is 36.2 Å². The number of nitrogens with one attached hydrogen (secondary N) is 1. The predicted octanol–water partition coefficient (Wildman–Crippen LogP) is 3.45. The summed E-state index contributed by atoms with van der Waals surface area (Å²) in [5.74, 6) is -1.04. The Labute approximate surface area is 144 Å². The van der Waals surface area contributed by atoms with Crippen molar-refractivity contribution in [2.75, 3.05) is 5.32 Å². The van der Waals surface area contributed by atoms with Crippen LogP contribution in [0, 0.1) is 0 Å². The molecule has 0 bridgehead atoms. The molecule has 1 aromatic carbocycles. The average molecular weight is 345 g/mol. The van der Waals surface area contributed by atoms with Crippen LogP contribution in [-0.4, -0.2) is 23.8 Å². The van der Waals surface area contributed by atoms with Crippen molar-refractivity contribution < 1.29 is 19.1 Å². The SMILES string of the molecule is CC(=O)c1ccccc1NC(=O)[C@@H](C)OC(=O)CCc1ccsc1. The van der Waals surface area contributed by atoms with Crippen LogP contribution in [0.2, 0.25) is 0 Å². The zero-order chi connectivity index (χ0) is 17.5. The van der Waals surface area contributed by atoms with Crippen LogP contribution in [0.4, 0.5) is 5.69 Å². The largest absolute Gasteiger partial charge is 0.453 e. The van der Waals surface area contributed by atoms with Gasteiger partial charge in [-0.25, -0.2) is 0 Å². The fourth-order valence-electron chi connectivity index (χ4n) is 2.12. The van der Waals surface area contributed by atoms with Crippen LogP contribution in [0.5, 0.6) is 0 Å². The first-order chi connectivity index (χ1) is 11.5. The highest BCUT2D eigenvalue weighted by Gasteiger charge is 2.19. The number of rotatable bonds is 7. The van der Waals surface area contributed by atoms with Crippen molar-refractivity contribution in [3.63, 3.8) is 0 Å². The van der Waals surface area contributed by atoms with E-state index in [9.17, 15) is 14.4 Å². The van der Waals surface area contributed by atoms with E-state index in [2.05, 4.69) is 5.32 Å². The Balaban J connectivity index is 1.88. The molecule has 0 saturated carbocycles. The van der Waals surface area contributed by atoms with Gasteiger partial charge in [0.05, 0.1) is 5.69 Å². The summed E-state index contributed by atoms with van der Waals surface area (Å²) in [6.45, 7) is 2.94. The van der Waals surface area contributed by atoms with Gasteiger partial charge in [0.2, 0.25) is 0 Å². The van der Waals surface area contributed by atoms with E-state index in [4.69, 9.17) is 4.74 Å². The molecule has 1 atom stereocenters. The fraction of sp³-hybridized carbons (Fsp3) is 0.278. The molecular formula is C18H19NO4S. The number of benzene rings is 1. The molecule has 0 aliphatic rings. The summed E-state index contributed by atoms with van der Waals surface area (Å²) >= 11 is 1.57. The molecule has 24 heavy (non-hydrogen) atoms. The van der Waals surface area contributed by atoms with Crippen molar-refractivity contribution in [2.45, 2.75) is 32.8 Å². The summed E-state index contributed by atoms with van der Waals surface area (Å²) < 4.78 is 5.15. The molecule has 1 N–H and O–H groups in total. The minimum atomic E-state index is -0.931. The van der Waals surface area contributed by atoms with Crippen molar-refractivity contribution in [1.82, 2.24) is 0 Å². The number of ether oxygens (including phenoxy) is 1. The summed E-state index contributed by atoms with van der Waals surface area (Å²) in [5.41, 5.74) is 1.91. The van der Waals surface area contributed by atoms with Gasteiger partial charge in [-0.1, -0.05) is 12.1 Å². The van der Waals surface area contributed by atoms with Gasteiger partial charge in [-0.2, -0.15) is 11.3 Å². The molecule has 0 aliphatic carbocycles. The number of ketones is 1. The van der Waals surface area contributed by atoms with Gasteiger partial charge in [-0.05, 0) is 54.8 Å². The molecule has 0 radical (unpaired) electrons. The number of hydrogen-bond acceptors (Lipinski definition) is 5. The summed E-state index contributed by atoms with van der Waals surface area (Å²) in [7, 11) is 0. The van der Waals surface area contributed by atoms with Crippen LogP contribution in [0.15, 0.2) is 41.1 Å². The van der Waals surface area contributed by atoms with Crippen LogP contribution < -0.4 is 5.32 Å². The number of thiophene rings is 1. The third-order valence-electron chi connectivity index (χ3n) is 3.44. The number of carbonyl (C=O) groups excluding carboxylic acids is 3. The molecule has 6 heteroatoms. The lowest BCUT2D eigenvalue weighted by Gasteiger charge is -2.15. The number of Topliss-reactive ketones (excluding diaryl/α,β-unsaturated/α-hetero) is 1. The van der Waals surface area contributed by atoms with E-state index in [1.165, 1.54) is 13.8 Å². The molecular weight excluding hydrogens is 326 g/mol. The van der Waals surface area contributed by atoms with Gasteiger partial charge in [0, 0.05) is 12.0 Å². The number of carbonyl (C=O) groups is 3. The molecule has 1 aromatic heterocycles. The van der Waals surface area contributed by atoms with Crippen LogP contribution in [0.25, 0.3) is 0 Å². The monoisotopic (exact) mass is 345 g/mol. The standard InChI is InChI=1S/C18H19NO4S/c1-12(20)15-5-3-4-6-16(15)19-18(22)13(2)23-17(21)8-7-14-9-10-24-11-14/h3-6,9-11,13H,7-8H2,1-2H3,(H,19,22)/t13-/m1/s1. The molecule has 0 spiro atoms. The molecule has 2 rings (SSSR count). The average Bonchev–Trinajstić information content (AvgIpc) is 3.06. The van der Waals surface area contributed by atoms with E-state index in [1.54, 1.807) is 35.6 Å². The maximum atomic E-state index is 12.2. The maximum Gasteiger partial charge on any atom is 0.306 e. The molecule has 0 saturated heterocycles. The van der Waals surface area contributed by atoms with E-state index >= 15 is 0 Å². The quantitative estimate of drug-likeness (QED) is 0.616. The third kappa shape index (κ3) is 5.03. The van der Waals surface area contributed by atoms with Gasteiger partial charge in [0.15, 0.2) is 11.9 Å². The van der Waals surface area contributed by atoms with Crippen molar-refractivity contribution in [3.8, 4) is 0 Å². The van der Waals surface area contributed by atoms with Crippen molar-refractivity contribution in [1.29, 1.82) is 0 Å². The van der Waals surface area contributed by atoms with E-state index in [0.717, 1.165) is 5.56 Å². The predicted molar refractivity (Wildman–Crippen MR) is 93.3 cm³/mol. The number of aryl methyl sites for hydroxylation is 1. The lowest BCUT2D eigenvalue weighted by molar-refractivity contribution is -0.153. The van der Waals surface area contributed by atoms with Crippen LogP contribution >= 0.6 is 11.3 Å². The topological polar surface area (TPSA) is 72.5 Å². The molecule has 5 nitrogen and oxygen atoms in total. The number of hydrogen-bond donors (Lipinski definition) is 1. The summed E-state index contributed by atoms with van der Waals surface area (Å²) in [6.07, 6.45) is -0.123. The molecule has 126 valence electrons. The fourth-order valence-corrected chi connectivity index (χ4v) is 2.83. The zero-order valence-electron chi connectivity index (χ0n) is 13.6. The van der Waals surface area contributed by atoms with Crippen molar-refractivity contribution in [3.05, 3.63) is 52.2 Å². The van der Waals surface area contributed by atoms with Gasteiger partial charge >= 0.3 is 5.97 Å². The zero-order valence-corrected chi connectivity index (χ0v) is 14.4. The second kappa shape index (κ2) is 8.40. The van der Waals surface area contributed by atoms with E-state index in [-0.39, 0.29) is 12.2 Å². The second-order valence-corrected chi connectivity index (χ2v) is 6.13. The Morgan fingerprint density at radius 1 is 1.21 bits per heavy atom. The Bertz CT molecular complexity index is 724. The summed E-state index contributed by atoms with van der Waals surface area (Å²) in [5, 5.41) is 6.55. The highest BCUT2D eigenvalue weighted by Crippen LogP contribution is 2.16. The first kappa shape index (κ1) is 17.9. The molecule has 0 aliphatic heterocycles. The van der Waals surface area contributed by atoms with E-state index in [0.29, 0.717) is 17.7 Å². The Hall–Kier alpha value is -2.47. The summed E-state index contributed by atoms with van der Waals surface area (Å²) in [6, 6.07) is 8.67. The van der Waals surface area contributed by atoms with Crippen molar-refractivity contribution >= 4 is 34.7 Å². The van der Waals surface area contributed by atoms with Gasteiger partial charge in [-0.3, -0.25) is 14.4 Å². The molecule has 0 fully saturated rings. The number of amides is 1. The maximum absolute atomic E-state index is 12.2. The number of para-hydroxylation sites is 1. The van der Waals surface area contributed by atoms with Gasteiger partial charge in [0.1, 0.15) is 0 Å². The van der Waals surface area contributed by atoms with Crippen LogP contribution in [-0.2, 0) is 20.7 Å². The number of anilines is 1. The normalized spacial score (nSPS) is 11.6. The van der Waals surface area contributed by atoms with Crippen molar-refractivity contribution in [2.24, 2.45) is 0 Å². The molecule has 1 heterocycles. The summed E-state index contributed by atoms with van der Waals surface area (Å²) in [4.78, 5) is 35.5. The smallest absolute Gasteiger partial charge is 0.306 e. The Morgan fingerprint density at radius 2 is 1.96 bits per heavy atom. The molecule has 0 unspecified atom stereocenters. The lowest BCUT2D eigenvalue weighted by Crippen LogP contribution is -2.30. The Morgan fingerprint density at radius 3 is 2.62 bits per heavy atom. The number of esters is 1. The van der Waals surface area contributed by atoms with Crippen LogP contribution in [0.3, 0.4) is 0 Å².